The highest BCUT2D eigenvalue weighted by Gasteiger charge is 2.33. The normalized spacial score (nSPS) is 20.2. The highest BCUT2D eigenvalue weighted by atomic mass is 16.2. The summed E-state index contributed by atoms with van der Waals surface area (Å²) in [6.07, 6.45) is 3.65. The van der Waals surface area contributed by atoms with Crippen molar-refractivity contribution in [1.82, 2.24) is 4.90 Å². The molecule has 0 radical (unpaired) electrons. The Morgan fingerprint density at radius 2 is 2.07 bits per heavy atom. The van der Waals surface area contributed by atoms with Gasteiger partial charge in [0.2, 0.25) is 5.91 Å². The molecule has 1 amide bonds. The van der Waals surface area contributed by atoms with E-state index in [0.717, 1.165) is 32.4 Å². The minimum Gasteiger partial charge on any atom is -0.343 e. The van der Waals surface area contributed by atoms with E-state index in [-0.39, 0.29) is 11.3 Å². The molecule has 0 aliphatic carbocycles. The van der Waals surface area contributed by atoms with Crippen molar-refractivity contribution in [2.24, 2.45) is 5.41 Å². The average molecular weight is 194 g/mol. The van der Waals surface area contributed by atoms with Crippen LogP contribution in [-0.2, 0) is 4.79 Å². The Kier molecular flexibility index (Phi) is 3.51. The molecule has 0 unspecified atom stereocenters. The lowest BCUT2D eigenvalue weighted by Crippen LogP contribution is -2.41. The number of piperidine rings is 1. The van der Waals surface area contributed by atoms with Gasteiger partial charge in [-0.3, -0.25) is 4.79 Å². The molecule has 1 aliphatic heterocycles. The van der Waals surface area contributed by atoms with Gasteiger partial charge in [-0.25, -0.2) is 0 Å². The van der Waals surface area contributed by atoms with E-state index < -0.39 is 0 Å². The van der Waals surface area contributed by atoms with E-state index in [2.05, 4.69) is 13.0 Å². The number of nitrogens with zero attached hydrogens (tertiary/aromatic N) is 2. The zero-order valence-electron chi connectivity index (χ0n) is 9.05. The number of carbonyl (C=O) groups is 1. The summed E-state index contributed by atoms with van der Waals surface area (Å²) >= 11 is 0. The summed E-state index contributed by atoms with van der Waals surface area (Å²) in [4.78, 5) is 13.0. The van der Waals surface area contributed by atoms with Gasteiger partial charge in [0, 0.05) is 26.4 Å². The third-order valence-corrected chi connectivity index (χ3v) is 3.47. The number of nitriles is 1. The van der Waals surface area contributed by atoms with Crippen molar-refractivity contribution in [1.29, 1.82) is 5.26 Å². The Hall–Kier alpha value is -1.04. The molecule has 3 nitrogen and oxygen atoms in total. The first kappa shape index (κ1) is 11.0. The average Bonchev–Trinajstić information content (AvgIpc) is 2.19. The van der Waals surface area contributed by atoms with Gasteiger partial charge in [0.25, 0.3) is 0 Å². The van der Waals surface area contributed by atoms with Gasteiger partial charge in [0.1, 0.15) is 0 Å². The van der Waals surface area contributed by atoms with Crippen molar-refractivity contribution in [2.45, 2.75) is 39.5 Å². The van der Waals surface area contributed by atoms with Crippen molar-refractivity contribution in [3.8, 4) is 6.07 Å². The van der Waals surface area contributed by atoms with E-state index in [4.69, 9.17) is 5.26 Å². The summed E-state index contributed by atoms with van der Waals surface area (Å²) in [6, 6.07) is 2.27. The van der Waals surface area contributed by atoms with Crippen LogP contribution in [0.15, 0.2) is 0 Å². The fourth-order valence-electron chi connectivity index (χ4n) is 2.12. The van der Waals surface area contributed by atoms with E-state index in [0.29, 0.717) is 6.42 Å². The molecule has 14 heavy (non-hydrogen) atoms. The topological polar surface area (TPSA) is 44.1 Å². The van der Waals surface area contributed by atoms with Crippen LogP contribution in [0.5, 0.6) is 0 Å². The van der Waals surface area contributed by atoms with Crippen LogP contribution in [0.25, 0.3) is 0 Å². The van der Waals surface area contributed by atoms with Gasteiger partial charge in [-0.2, -0.15) is 5.26 Å². The van der Waals surface area contributed by atoms with Gasteiger partial charge in [-0.05, 0) is 24.7 Å². The maximum Gasteiger partial charge on any atom is 0.219 e. The minimum atomic E-state index is 0.159. The molecule has 0 saturated carbocycles. The van der Waals surface area contributed by atoms with Gasteiger partial charge in [0.05, 0.1) is 6.07 Å². The molecule has 1 aliphatic rings. The third-order valence-electron chi connectivity index (χ3n) is 3.47. The van der Waals surface area contributed by atoms with E-state index in [1.54, 1.807) is 6.92 Å². The number of hydrogen-bond acceptors (Lipinski definition) is 2. The highest BCUT2D eigenvalue weighted by Crippen LogP contribution is 2.37. The molecule has 78 valence electrons. The third kappa shape index (κ3) is 2.25. The van der Waals surface area contributed by atoms with Gasteiger partial charge in [0.15, 0.2) is 0 Å². The van der Waals surface area contributed by atoms with Gasteiger partial charge < -0.3 is 4.90 Å². The molecule has 1 saturated heterocycles. The van der Waals surface area contributed by atoms with Gasteiger partial charge in [-0.15, -0.1) is 0 Å². The Morgan fingerprint density at radius 1 is 1.50 bits per heavy atom. The zero-order chi connectivity index (χ0) is 10.6. The quantitative estimate of drug-likeness (QED) is 0.674. The van der Waals surface area contributed by atoms with Crippen molar-refractivity contribution < 1.29 is 4.79 Å². The summed E-state index contributed by atoms with van der Waals surface area (Å²) in [5, 5.41) is 8.76. The largest absolute Gasteiger partial charge is 0.343 e. The summed E-state index contributed by atoms with van der Waals surface area (Å²) in [5.74, 6) is 0.159. The standard InChI is InChI=1S/C11H18N2O/c1-3-11(4-7-12)5-8-13(9-6-11)10(2)14/h3-6,8-9H2,1-2H3. The van der Waals surface area contributed by atoms with Crippen LogP contribution < -0.4 is 0 Å². The van der Waals surface area contributed by atoms with Gasteiger partial charge >= 0.3 is 0 Å². The molecular formula is C11H18N2O. The molecular weight excluding hydrogens is 176 g/mol. The smallest absolute Gasteiger partial charge is 0.219 e. The fraction of sp³-hybridized carbons (Fsp3) is 0.818. The van der Waals surface area contributed by atoms with Crippen LogP contribution in [0.2, 0.25) is 0 Å². The van der Waals surface area contributed by atoms with E-state index in [1.165, 1.54) is 0 Å². The molecule has 1 fully saturated rings. The molecule has 1 heterocycles. The first-order valence-corrected chi connectivity index (χ1v) is 5.26. The lowest BCUT2D eigenvalue weighted by atomic mass is 9.74. The van der Waals surface area contributed by atoms with Crippen molar-refractivity contribution in [3.63, 3.8) is 0 Å². The number of rotatable bonds is 2. The molecule has 0 bridgehead atoms. The first-order valence-electron chi connectivity index (χ1n) is 5.26. The summed E-state index contributed by atoms with van der Waals surface area (Å²) in [5.41, 5.74) is 0.181. The zero-order valence-corrected chi connectivity index (χ0v) is 9.05. The SMILES string of the molecule is CCC1(CC#N)CCN(C(C)=O)CC1. The number of carbonyl (C=O) groups excluding carboxylic acids is 1. The molecule has 1 rings (SSSR count). The number of hydrogen-bond donors (Lipinski definition) is 0. The lowest BCUT2D eigenvalue weighted by molar-refractivity contribution is -0.131. The van der Waals surface area contributed by atoms with E-state index in [9.17, 15) is 4.79 Å². The second-order valence-corrected chi connectivity index (χ2v) is 4.19. The molecule has 0 aromatic carbocycles. The second-order valence-electron chi connectivity index (χ2n) is 4.19. The predicted octanol–water partition coefficient (Wildman–Crippen LogP) is 1.94. The van der Waals surface area contributed by atoms with Crippen LogP contribution in [0.1, 0.15) is 39.5 Å². The molecule has 0 spiro atoms. The highest BCUT2D eigenvalue weighted by molar-refractivity contribution is 5.73. The van der Waals surface area contributed by atoms with E-state index >= 15 is 0 Å². The van der Waals surface area contributed by atoms with Crippen molar-refractivity contribution in [2.75, 3.05) is 13.1 Å². The van der Waals surface area contributed by atoms with Crippen LogP contribution in [0.3, 0.4) is 0 Å². The number of amides is 1. The predicted molar refractivity (Wildman–Crippen MR) is 54.4 cm³/mol. The van der Waals surface area contributed by atoms with E-state index in [1.807, 2.05) is 4.90 Å². The fourth-order valence-corrected chi connectivity index (χ4v) is 2.12. The second kappa shape index (κ2) is 4.45. The molecule has 3 heteroatoms. The minimum absolute atomic E-state index is 0.159. The van der Waals surface area contributed by atoms with Crippen LogP contribution in [0.4, 0.5) is 0 Å². The maximum atomic E-state index is 11.1. The molecule has 0 aromatic rings. The lowest BCUT2D eigenvalue weighted by Gasteiger charge is -2.39. The van der Waals surface area contributed by atoms with Crippen LogP contribution >= 0.6 is 0 Å². The summed E-state index contributed by atoms with van der Waals surface area (Å²) in [6.45, 7) is 5.40. The maximum absolute atomic E-state index is 11.1. The van der Waals surface area contributed by atoms with Gasteiger partial charge in [-0.1, -0.05) is 6.92 Å². The van der Waals surface area contributed by atoms with Crippen LogP contribution in [-0.4, -0.2) is 23.9 Å². The summed E-state index contributed by atoms with van der Waals surface area (Å²) < 4.78 is 0. The Morgan fingerprint density at radius 3 is 2.43 bits per heavy atom. The molecule has 0 N–H and O–H groups in total. The Labute approximate surface area is 85.7 Å². The Bertz CT molecular complexity index is 247. The van der Waals surface area contributed by atoms with Crippen molar-refractivity contribution >= 4 is 5.91 Å². The van der Waals surface area contributed by atoms with Crippen molar-refractivity contribution in [3.05, 3.63) is 0 Å². The summed E-state index contributed by atoms with van der Waals surface area (Å²) in [7, 11) is 0. The monoisotopic (exact) mass is 194 g/mol. The molecule has 0 atom stereocenters. The molecule has 0 aromatic heterocycles. The first-order chi connectivity index (χ1) is 6.63. The van der Waals surface area contributed by atoms with Crippen LogP contribution in [0, 0.1) is 16.7 Å². The number of likely N-dealkylation sites (tertiary alicyclic amines) is 1. The Balaban J connectivity index is 2.55.